The third-order valence-corrected chi connectivity index (χ3v) is 7.88. The molecule has 1 aliphatic rings. The average molecular weight is 599 g/mol. The average Bonchev–Trinajstić information content (AvgIpc) is 3.40. The first kappa shape index (κ1) is 30.5. The monoisotopic (exact) mass is 598 g/mol. The van der Waals surface area contributed by atoms with E-state index in [9.17, 15) is 35.9 Å². The number of rotatable bonds is 10. The molecule has 1 fully saturated rings. The van der Waals surface area contributed by atoms with Crippen LogP contribution in [0.4, 0.5) is 31.5 Å². The van der Waals surface area contributed by atoms with Crippen LogP contribution in [0.3, 0.4) is 0 Å². The Kier molecular flexibility index (Phi) is 9.69. The topological polar surface area (TPSA) is 74.3 Å². The normalized spacial score (nSPS) is 15.9. The van der Waals surface area contributed by atoms with Crippen LogP contribution in [0.1, 0.15) is 59.0 Å². The van der Waals surface area contributed by atoms with Crippen LogP contribution in [0.2, 0.25) is 0 Å². The number of nitrogens with one attached hydrogen (secondary N) is 2. The number of alkyl halides is 6. The van der Waals surface area contributed by atoms with Crippen LogP contribution in [-0.4, -0.2) is 41.8 Å². The van der Waals surface area contributed by atoms with E-state index in [1.54, 1.807) is 5.38 Å². The summed E-state index contributed by atoms with van der Waals surface area (Å²) in [5.41, 5.74) is -1.59. The van der Waals surface area contributed by atoms with E-state index >= 15 is 0 Å². The van der Waals surface area contributed by atoms with Crippen molar-refractivity contribution in [2.24, 2.45) is 0 Å². The lowest BCUT2D eigenvalue weighted by Gasteiger charge is -2.32. The van der Waals surface area contributed by atoms with Crippen molar-refractivity contribution in [3.63, 3.8) is 0 Å². The number of likely N-dealkylation sites (tertiary alicyclic amines) is 1. The molecule has 1 aliphatic heterocycles. The second-order valence-corrected chi connectivity index (χ2v) is 10.7. The fourth-order valence-corrected chi connectivity index (χ4v) is 5.66. The van der Waals surface area contributed by atoms with Gasteiger partial charge in [0.1, 0.15) is 0 Å². The first-order valence-electron chi connectivity index (χ1n) is 12.9. The first-order chi connectivity index (χ1) is 19.4. The molecular formula is C28H28F6N4O2S. The van der Waals surface area contributed by atoms with Gasteiger partial charge in [0, 0.05) is 11.9 Å². The number of hydrogen-bond acceptors (Lipinski definition) is 5. The number of hydrogen-bond donors (Lipinski definition) is 2. The lowest BCUT2D eigenvalue weighted by atomic mass is 9.89. The van der Waals surface area contributed by atoms with E-state index in [0.717, 1.165) is 37.3 Å². The van der Waals surface area contributed by atoms with Gasteiger partial charge in [-0.3, -0.25) is 9.59 Å². The molecule has 2 amide bonds. The van der Waals surface area contributed by atoms with Crippen LogP contribution in [0.25, 0.3) is 0 Å². The summed E-state index contributed by atoms with van der Waals surface area (Å²) in [5, 5.41) is 6.78. The molecule has 2 heterocycles. The number of carbonyl (C=O) groups excluding carboxylic acids is 2. The molecule has 3 aromatic rings. The minimum Gasteiger partial charge on any atom is -0.351 e. The van der Waals surface area contributed by atoms with Crippen molar-refractivity contribution in [3.05, 3.63) is 81.9 Å². The Morgan fingerprint density at radius 3 is 2.24 bits per heavy atom. The third-order valence-electron chi connectivity index (χ3n) is 7.08. The van der Waals surface area contributed by atoms with Gasteiger partial charge < -0.3 is 15.5 Å². The number of carbonyl (C=O) groups is 2. The maximum Gasteiger partial charge on any atom is 0.416 e. The molecule has 0 aliphatic carbocycles. The SMILES string of the molecule is O=CNc1nc(C(CCN2CCC(c3ccccc3)CC2)C(=O)NCc2cc(C(F)(F)F)cc(C(F)(F)F)c2)cs1. The van der Waals surface area contributed by atoms with E-state index in [-0.39, 0.29) is 16.8 Å². The van der Waals surface area contributed by atoms with E-state index < -0.39 is 41.8 Å². The molecule has 4 rings (SSSR count). The summed E-state index contributed by atoms with van der Waals surface area (Å²) in [4.78, 5) is 30.6. The van der Waals surface area contributed by atoms with Gasteiger partial charge in [0.05, 0.1) is 22.7 Å². The molecule has 1 unspecified atom stereocenters. The van der Waals surface area contributed by atoms with E-state index in [4.69, 9.17) is 0 Å². The standard InChI is InChI=1S/C28H28F6N4O2S/c29-27(30,31)21-12-18(13-22(14-21)28(32,33)34)15-35-25(40)23(24-16-41-26(37-24)36-17-39)8-11-38-9-6-20(7-10-38)19-4-2-1-3-5-19/h1-5,12-14,16-17,20,23H,6-11,15H2,(H,35,40)(H,36,37,39). The lowest BCUT2D eigenvalue weighted by Crippen LogP contribution is -2.36. The molecule has 13 heteroatoms. The minimum absolute atomic E-state index is 0.0476. The first-order valence-corrected chi connectivity index (χ1v) is 13.8. The van der Waals surface area contributed by atoms with Gasteiger partial charge in [0.15, 0.2) is 5.13 Å². The lowest BCUT2D eigenvalue weighted by molar-refractivity contribution is -0.143. The highest BCUT2D eigenvalue weighted by atomic mass is 32.1. The Balaban J connectivity index is 1.45. The maximum absolute atomic E-state index is 13.3. The van der Waals surface area contributed by atoms with Crippen LogP contribution in [-0.2, 0) is 28.5 Å². The Hall–Kier alpha value is -3.45. The summed E-state index contributed by atoms with van der Waals surface area (Å²) in [5.74, 6) is -0.970. The van der Waals surface area contributed by atoms with Crippen LogP contribution in [0.5, 0.6) is 0 Å². The molecule has 6 nitrogen and oxygen atoms in total. The summed E-state index contributed by atoms with van der Waals surface area (Å²) < 4.78 is 79.5. The quantitative estimate of drug-likeness (QED) is 0.209. The van der Waals surface area contributed by atoms with E-state index in [1.807, 2.05) is 18.2 Å². The molecule has 1 atom stereocenters. The molecule has 1 saturated heterocycles. The predicted molar refractivity (Wildman–Crippen MR) is 142 cm³/mol. The summed E-state index contributed by atoms with van der Waals surface area (Å²) >= 11 is 1.11. The van der Waals surface area contributed by atoms with Crippen LogP contribution in [0.15, 0.2) is 53.9 Å². The summed E-state index contributed by atoms with van der Waals surface area (Å²) in [7, 11) is 0. The van der Waals surface area contributed by atoms with Crippen LogP contribution in [0, 0.1) is 0 Å². The van der Waals surface area contributed by atoms with Crippen molar-refractivity contribution in [2.45, 2.75) is 50.0 Å². The second-order valence-electron chi connectivity index (χ2n) is 9.84. The number of halogens is 6. The van der Waals surface area contributed by atoms with Crippen LogP contribution >= 0.6 is 11.3 Å². The van der Waals surface area contributed by atoms with Gasteiger partial charge in [0.25, 0.3) is 0 Å². The smallest absolute Gasteiger partial charge is 0.351 e. The largest absolute Gasteiger partial charge is 0.416 e. The highest BCUT2D eigenvalue weighted by Crippen LogP contribution is 2.36. The Labute approximate surface area is 236 Å². The highest BCUT2D eigenvalue weighted by molar-refractivity contribution is 7.13. The zero-order valence-electron chi connectivity index (χ0n) is 21.8. The molecule has 220 valence electrons. The minimum atomic E-state index is -4.99. The van der Waals surface area contributed by atoms with Gasteiger partial charge in [-0.1, -0.05) is 30.3 Å². The number of amides is 2. The molecule has 2 aromatic carbocycles. The third kappa shape index (κ3) is 8.29. The number of aromatic nitrogens is 1. The fourth-order valence-electron chi connectivity index (χ4n) is 4.94. The summed E-state index contributed by atoms with van der Waals surface area (Å²) in [6, 6.07) is 11.4. The fraction of sp³-hybridized carbons (Fsp3) is 0.393. The number of benzene rings is 2. The molecule has 41 heavy (non-hydrogen) atoms. The van der Waals surface area contributed by atoms with Crippen molar-refractivity contribution in [1.29, 1.82) is 0 Å². The number of nitrogens with zero attached hydrogens (tertiary/aromatic N) is 2. The number of anilines is 1. The molecular weight excluding hydrogens is 570 g/mol. The van der Waals surface area contributed by atoms with Gasteiger partial charge in [-0.25, -0.2) is 4.98 Å². The van der Waals surface area contributed by atoms with Crippen molar-refractivity contribution < 1.29 is 35.9 Å². The Morgan fingerprint density at radius 1 is 1.02 bits per heavy atom. The van der Waals surface area contributed by atoms with Gasteiger partial charge >= 0.3 is 12.4 Å². The predicted octanol–water partition coefficient (Wildman–Crippen LogP) is 6.42. The summed E-state index contributed by atoms with van der Waals surface area (Å²) in [6.07, 6.45) is -7.31. The highest BCUT2D eigenvalue weighted by Gasteiger charge is 2.37. The molecule has 1 aromatic heterocycles. The van der Waals surface area contributed by atoms with Crippen molar-refractivity contribution in [1.82, 2.24) is 15.2 Å². The molecule has 0 spiro atoms. The van der Waals surface area contributed by atoms with E-state index in [2.05, 4.69) is 32.7 Å². The zero-order chi connectivity index (χ0) is 29.6. The zero-order valence-corrected chi connectivity index (χ0v) is 22.6. The maximum atomic E-state index is 13.3. The van der Waals surface area contributed by atoms with Crippen molar-refractivity contribution in [2.75, 3.05) is 25.0 Å². The van der Waals surface area contributed by atoms with Gasteiger partial charge in [-0.2, -0.15) is 26.3 Å². The van der Waals surface area contributed by atoms with E-state index in [1.165, 1.54) is 5.56 Å². The van der Waals surface area contributed by atoms with Gasteiger partial charge in [-0.15, -0.1) is 11.3 Å². The Morgan fingerprint density at radius 2 is 1.66 bits per heavy atom. The molecule has 2 N–H and O–H groups in total. The van der Waals surface area contributed by atoms with Crippen molar-refractivity contribution in [3.8, 4) is 0 Å². The van der Waals surface area contributed by atoms with Gasteiger partial charge in [0.2, 0.25) is 12.3 Å². The molecule has 0 radical (unpaired) electrons. The molecule has 0 saturated carbocycles. The summed E-state index contributed by atoms with van der Waals surface area (Å²) in [6.45, 7) is 1.63. The number of piperidine rings is 1. The van der Waals surface area contributed by atoms with Gasteiger partial charge in [-0.05, 0) is 74.1 Å². The molecule has 0 bridgehead atoms. The van der Waals surface area contributed by atoms with E-state index in [0.29, 0.717) is 43.1 Å². The second kappa shape index (κ2) is 13.0. The van der Waals surface area contributed by atoms with Crippen molar-refractivity contribution >= 4 is 28.8 Å². The van der Waals surface area contributed by atoms with Crippen LogP contribution < -0.4 is 10.6 Å². The Bertz CT molecular complexity index is 1290. The number of thiazole rings is 1.